The molecule has 0 heterocycles. The Balaban J connectivity index is 0. The molecule has 2 aromatic rings. The van der Waals surface area contributed by atoms with E-state index in [1.165, 1.54) is 0 Å². The maximum absolute atomic E-state index is 11.3. The molecule has 2 nitrogen and oxygen atoms in total. The molecule has 0 spiro atoms. The van der Waals surface area contributed by atoms with Crippen molar-refractivity contribution in [2.75, 3.05) is 0 Å². The summed E-state index contributed by atoms with van der Waals surface area (Å²) < 4.78 is 0. The topological polar surface area (TPSA) is 37.3 Å². The standard InChI is InChI=1S/C14H12O2.Ba.2H/c15-14(16)13(11-7-3-1-4-8-11)12-9-5-2-6-10-12;;;/h1-10,13H,(H,15,16);;;/q;+2;2*-1. The van der Waals surface area contributed by atoms with Gasteiger partial charge in [0.25, 0.3) is 0 Å². The molecule has 1 N–H and O–H groups in total. The largest absolute Gasteiger partial charge is 2.00 e. The van der Waals surface area contributed by atoms with Gasteiger partial charge in [0.1, 0.15) is 5.92 Å². The summed E-state index contributed by atoms with van der Waals surface area (Å²) in [4.78, 5) is 11.3. The van der Waals surface area contributed by atoms with Crippen molar-refractivity contribution >= 4 is 54.9 Å². The Hall–Kier alpha value is -0.519. The predicted octanol–water partition coefficient (Wildman–Crippen LogP) is 2.75. The Morgan fingerprint density at radius 2 is 1.24 bits per heavy atom. The average molecular weight is 352 g/mol. The summed E-state index contributed by atoms with van der Waals surface area (Å²) in [5.41, 5.74) is 1.61. The molecule has 0 saturated carbocycles. The summed E-state index contributed by atoms with van der Waals surface area (Å²) in [5, 5.41) is 9.28. The van der Waals surface area contributed by atoms with Crippen molar-refractivity contribution in [2.24, 2.45) is 0 Å². The van der Waals surface area contributed by atoms with E-state index >= 15 is 0 Å². The number of rotatable bonds is 3. The number of hydrogen-bond acceptors (Lipinski definition) is 1. The fourth-order valence-electron chi connectivity index (χ4n) is 1.77. The average Bonchev–Trinajstić information content (AvgIpc) is 2.31. The van der Waals surface area contributed by atoms with Crippen LogP contribution >= 0.6 is 0 Å². The van der Waals surface area contributed by atoms with Crippen molar-refractivity contribution in [1.82, 2.24) is 0 Å². The second-order valence-corrected chi connectivity index (χ2v) is 3.59. The van der Waals surface area contributed by atoms with Crippen LogP contribution in [0.25, 0.3) is 0 Å². The van der Waals surface area contributed by atoms with Crippen molar-refractivity contribution in [3.8, 4) is 0 Å². The van der Waals surface area contributed by atoms with Crippen molar-refractivity contribution < 1.29 is 12.8 Å². The Kier molecular flexibility index (Phi) is 6.02. The zero-order valence-corrected chi connectivity index (χ0v) is 13.9. The number of hydrogen-bond donors (Lipinski definition) is 1. The van der Waals surface area contributed by atoms with Gasteiger partial charge in [-0.1, -0.05) is 60.7 Å². The molecule has 0 aromatic heterocycles. The number of carbonyl (C=O) groups is 1. The first-order valence-corrected chi connectivity index (χ1v) is 5.12. The monoisotopic (exact) mass is 352 g/mol. The van der Waals surface area contributed by atoms with Crippen LogP contribution in [0.1, 0.15) is 19.9 Å². The second kappa shape index (κ2) is 7.04. The van der Waals surface area contributed by atoms with E-state index in [0.29, 0.717) is 0 Å². The van der Waals surface area contributed by atoms with E-state index in [4.69, 9.17) is 0 Å². The van der Waals surface area contributed by atoms with Crippen molar-refractivity contribution in [1.29, 1.82) is 0 Å². The van der Waals surface area contributed by atoms with Gasteiger partial charge in [-0.2, -0.15) is 0 Å². The number of benzene rings is 2. The fourth-order valence-corrected chi connectivity index (χ4v) is 1.77. The minimum Gasteiger partial charge on any atom is -1.00 e. The molecule has 0 aliphatic heterocycles. The van der Waals surface area contributed by atoms with E-state index in [1.54, 1.807) is 0 Å². The first kappa shape index (κ1) is 14.5. The van der Waals surface area contributed by atoms with Gasteiger partial charge in [0.15, 0.2) is 0 Å². The van der Waals surface area contributed by atoms with Gasteiger partial charge in [-0.15, -0.1) is 0 Å². The van der Waals surface area contributed by atoms with Crippen molar-refractivity contribution in [2.45, 2.75) is 5.92 Å². The molecule has 0 bridgehead atoms. The van der Waals surface area contributed by atoms with Gasteiger partial charge >= 0.3 is 54.9 Å². The first-order valence-electron chi connectivity index (χ1n) is 5.12. The van der Waals surface area contributed by atoms with Crippen molar-refractivity contribution in [3.05, 3.63) is 71.8 Å². The van der Waals surface area contributed by atoms with Gasteiger partial charge in [0.2, 0.25) is 0 Å². The maximum Gasteiger partial charge on any atom is 2.00 e. The van der Waals surface area contributed by atoms with Gasteiger partial charge < -0.3 is 7.96 Å². The van der Waals surface area contributed by atoms with Gasteiger partial charge in [-0.3, -0.25) is 4.79 Å². The summed E-state index contributed by atoms with van der Waals surface area (Å²) in [7, 11) is 0. The Bertz CT molecular complexity index is 438. The maximum atomic E-state index is 11.3. The molecule has 3 heteroatoms. The van der Waals surface area contributed by atoms with Gasteiger partial charge in [0.05, 0.1) is 0 Å². The van der Waals surface area contributed by atoms with Crippen LogP contribution in [0, 0.1) is 0 Å². The number of aliphatic carboxylic acids is 1. The zero-order valence-electron chi connectivity index (χ0n) is 11.4. The zero-order chi connectivity index (χ0) is 11.4. The summed E-state index contributed by atoms with van der Waals surface area (Å²) >= 11 is 0. The van der Waals surface area contributed by atoms with Crippen LogP contribution < -0.4 is 0 Å². The molecule has 0 amide bonds. The molecule has 17 heavy (non-hydrogen) atoms. The van der Waals surface area contributed by atoms with Crippen LogP contribution in [0.3, 0.4) is 0 Å². The molecule has 0 fully saturated rings. The van der Waals surface area contributed by atoms with Crippen LogP contribution in [0.2, 0.25) is 0 Å². The van der Waals surface area contributed by atoms with E-state index in [9.17, 15) is 9.90 Å². The van der Waals surface area contributed by atoms with Crippen LogP contribution in [-0.4, -0.2) is 60.0 Å². The molecule has 0 saturated heterocycles. The molecular formula is C14H14BaO2. The third kappa shape index (κ3) is 3.73. The van der Waals surface area contributed by atoms with Gasteiger partial charge in [0, 0.05) is 0 Å². The van der Waals surface area contributed by atoms with E-state index < -0.39 is 11.9 Å². The number of carboxylic acids is 1. The molecule has 2 aromatic carbocycles. The molecule has 0 aliphatic carbocycles. The SMILES string of the molecule is O=C(O)C(c1ccccc1)c1ccccc1.[Ba+2].[H-].[H-]. The Labute approximate surface area is 144 Å². The first-order chi connectivity index (χ1) is 7.79. The summed E-state index contributed by atoms with van der Waals surface area (Å²) in [6.07, 6.45) is 0. The second-order valence-electron chi connectivity index (χ2n) is 3.59. The molecule has 2 rings (SSSR count). The minimum atomic E-state index is -0.822. The van der Waals surface area contributed by atoms with Crippen molar-refractivity contribution in [3.63, 3.8) is 0 Å². The quantitative estimate of drug-likeness (QED) is 0.864. The smallest absolute Gasteiger partial charge is 1.00 e. The van der Waals surface area contributed by atoms with E-state index in [0.717, 1.165) is 11.1 Å². The van der Waals surface area contributed by atoms with E-state index in [2.05, 4.69) is 0 Å². The van der Waals surface area contributed by atoms with E-state index in [-0.39, 0.29) is 51.7 Å². The van der Waals surface area contributed by atoms with Gasteiger partial charge in [-0.25, -0.2) is 0 Å². The third-order valence-corrected chi connectivity index (χ3v) is 2.51. The van der Waals surface area contributed by atoms with E-state index in [1.807, 2.05) is 60.7 Å². The third-order valence-electron chi connectivity index (χ3n) is 2.51. The molecule has 84 valence electrons. The molecule has 0 atom stereocenters. The normalized spacial score (nSPS) is 9.71. The van der Waals surface area contributed by atoms with Crippen LogP contribution in [0.4, 0.5) is 0 Å². The predicted molar refractivity (Wildman–Crippen MR) is 70.3 cm³/mol. The summed E-state index contributed by atoms with van der Waals surface area (Å²) in [5.74, 6) is -1.40. The number of carboxylic acid groups (broad SMARTS) is 1. The minimum absolute atomic E-state index is 0. The Morgan fingerprint density at radius 1 is 0.882 bits per heavy atom. The molecular weight excluding hydrogens is 337 g/mol. The summed E-state index contributed by atoms with van der Waals surface area (Å²) in [6, 6.07) is 18.5. The Morgan fingerprint density at radius 3 is 1.53 bits per heavy atom. The summed E-state index contributed by atoms with van der Waals surface area (Å²) in [6.45, 7) is 0. The van der Waals surface area contributed by atoms with Crippen LogP contribution in [0.5, 0.6) is 0 Å². The molecule has 0 radical (unpaired) electrons. The van der Waals surface area contributed by atoms with Gasteiger partial charge in [-0.05, 0) is 11.1 Å². The fraction of sp³-hybridized carbons (Fsp3) is 0.0714. The molecule has 0 aliphatic rings. The molecule has 0 unspecified atom stereocenters. The van der Waals surface area contributed by atoms with Crippen LogP contribution in [0.15, 0.2) is 60.7 Å². The van der Waals surface area contributed by atoms with Crippen LogP contribution in [-0.2, 0) is 4.79 Å².